The number of carbonyl (C=O) groups excluding carboxylic acids is 2. The molecule has 0 atom stereocenters. The van der Waals surface area contributed by atoms with Gasteiger partial charge in [0.15, 0.2) is 0 Å². The van der Waals surface area contributed by atoms with Crippen molar-refractivity contribution in [1.82, 2.24) is 0 Å². The number of nitrogens with zero attached hydrogens (tertiary/aromatic N) is 1. The highest BCUT2D eigenvalue weighted by Crippen LogP contribution is 1.79. The summed E-state index contributed by atoms with van der Waals surface area (Å²) in [6.07, 6.45) is 3.35. The molecular weight excluding hydrogens is 134 g/mol. The molecule has 0 aromatic heterocycles. The predicted molar refractivity (Wildman–Crippen MR) is 33.9 cm³/mol. The molecule has 0 aliphatic heterocycles. The molecule has 0 unspecified atom stereocenters. The Labute approximate surface area is 58.2 Å². The van der Waals surface area contributed by atoms with Crippen LogP contribution in [0, 0.1) is 0 Å². The lowest BCUT2D eigenvalue weighted by molar-refractivity contribution is -0.113. The van der Waals surface area contributed by atoms with Crippen LogP contribution in [-0.2, 0) is 14.3 Å². The highest BCUT2D eigenvalue weighted by Gasteiger charge is 1.86. The van der Waals surface area contributed by atoms with E-state index in [9.17, 15) is 9.59 Å². The van der Waals surface area contributed by atoms with Crippen molar-refractivity contribution < 1.29 is 14.3 Å². The maximum atomic E-state index is 10.3. The van der Waals surface area contributed by atoms with Crippen molar-refractivity contribution in [3.8, 4) is 0 Å². The van der Waals surface area contributed by atoms with E-state index in [1.54, 1.807) is 6.92 Å². The Hall–Kier alpha value is -1.41. The molecular formula is C6H7NO3. The molecule has 0 aromatic rings. The smallest absolute Gasteiger partial charge is 0.283 e. The second-order valence-electron chi connectivity index (χ2n) is 1.30. The summed E-state index contributed by atoms with van der Waals surface area (Å²) >= 11 is 0. The topological polar surface area (TPSA) is 55.7 Å². The number of carbonyl (C=O) groups is 1. The second-order valence-corrected chi connectivity index (χ2v) is 1.30. The van der Waals surface area contributed by atoms with Gasteiger partial charge in [0.05, 0.1) is 12.9 Å². The van der Waals surface area contributed by atoms with Gasteiger partial charge in [-0.15, -0.1) is 4.99 Å². The van der Waals surface area contributed by atoms with Gasteiger partial charge in [0.2, 0.25) is 6.08 Å². The highest BCUT2D eigenvalue weighted by atomic mass is 16.5. The van der Waals surface area contributed by atoms with Crippen LogP contribution in [-0.4, -0.2) is 18.6 Å². The fourth-order valence-corrected chi connectivity index (χ4v) is 0.285. The second kappa shape index (κ2) is 5.72. The van der Waals surface area contributed by atoms with Crippen LogP contribution >= 0.6 is 0 Å². The van der Waals surface area contributed by atoms with Crippen molar-refractivity contribution >= 4 is 12.0 Å². The summed E-state index contributed by atoms with van der Waals surface area (Å²) < 4.78 is 4.66. The first-order chi connectivity index (χ1) is 4.81. The molecule has 0 saturated carbocycles. The number of aliphatic imine (C=N–C) groups is 1. The van der Waals surface area contributed by atoms with Gasteiger partial charge >= 0.3 is 0 Å². The quantitative estimate of drug-likeness (QED) is 0.247. The largest absolute Gasteiger partial charge is 0.501 e. The molecule has 0 spiro atoms. The van der Waals surface area contributed by atoms with Crippen LogP contribution in [0.1, 0.15) is 6.92 Å². The lowest BCUT2D eigenvalue weighted by Gasteiger charge is -1.87. The van der Waals surface area contributed by atoms with Crippen LogP contribution in [0.4, 0.5) is 0 Å². The van der Waals surface area contributed by atoms with Gasteiger partial charge in [-0.05, 0) is 6.92 Å². The Morgan fingerprint density at radius 1 is 1.80 bits per heavy atom. The van der Waals surface area contributed by atoms with Crippen LogP contribution in [0.2, 0.25) is 0 Å². The Morgan fingerprint density at radius 2 is 2.50 bits per heavy atom. The Bertz CT molecular complexity index is 179. The number of isocyanates is 1. The lowest BCUT2D eigenvalue weighted by Crippen LogP contribution is -1.86. The summed E-state index contributed by atoms with van der Waals surface area (Å²) in [7, 11) is 0. The zero-order chi connectivity index (χ0) is 7.82. The van der Waals surface area contributed by atoms with Crippen molar-refractivity contribution in [2.75, 3.05) is 6.61 Å². The molecule has 1 amide bonds. The molecule has 0 aliphatic rings. The average molecular weight is 141 g/mol. The molecule has 4 nitrogen and oxygen atoms in total. The van der Waals surface area contributed by atoms with Crippen molar-refractivity contribution in [3.63, 3.8) is 0 Å². The maximum Gasteiger partial charge on any atom is 0.283 e. The molecule has 0 fully saturated rings. The Kier molecular flexibility index (Phi) is 4.91. The summed E-state index contributed by atoms with van der Waals surface area (Å²) in [5.41, 5.74) is 0. The first kappa shape index (κ1) is 8.59. The van der Waals surface area contributed by atoms with Crippen molar-refractivity contribution in [3.05, 3.63) is 12.3 Å². The van der Waals surface area contributed by atoms with E-state index in [-0.39, 0.29) is 0 Å². The van der Waals surface area contributed by atoms with E-state index in [0.29, 0.717) is 6.61 Å². The summed E-state index contributed by atoms with van der Waals surface area (Å²) in [5, 5.41) is 0. The van der Waals surface area contributed by atoms with Gasteiger partial charge in [-0.2, -0.15) is 0 Å². The molecule has 0 radical (unpaired) electrons. The fraction of sp³-hybridized carbons (Fsp3) is 0.333. The van der Waals surface area contributed by atoms with Gasteiger partial charge in [0.1, 0.15) is 0 Å². The highest BCUT2D eigenvalue weighted by molar-refractivity contribution is 5.91. The van der Waals surface area contributed by atoms with Crippen molar-refractivity contribution in [2.24, 2.45) is 4.99 Å². The summed E-state index contributed by atoms with van der Waals surface area (Å²) in [6, 6.07) is 0. The molecule has 0 saturated heterocycles. The number of rotatable bonds is 3. The molecule has 0 bridgehead atoms. The van der Waals surface area contributed by atoms with E-state index in [1.807, 2.05) is 0 Å². The zero-order valence-corrected chi connectivity index (χ0v) is 5.53. The first-order valence-electron chi connectivity index (χ1n) is 2.71. The molecule has 54 valence electrons. The van der Waals surface area contributed by atoms with E-state index >= 15 is 0 Å². The van der Waals surface area contributed by atoms with Gasteiger partial charge in [-0.25, -0.2) is 4.79 Å². The minimum absolute atomic E-state index is 0.481. The van der Waals surface area contributed by atoms with E-state index in [0.717, 1.165) is 12.2 Å². The molecule has 0 N–H and O–H groups in total. The number of ether oxygens (including phenoxy) is 1. The third kappa shape index (κ3) is 4.74. The lowest BCUT2D eigenvalue weighted by atomic mass is 10.6. The summed E-state index contributed by atoms with van der Waals surface area (Å²) in [6.45, 7) is 2.26. The standard InChI is InChI=1S/C6H7NO3/c1-2-10-4-3-6(9)7-5-8/h3-4H,2H2,1H3. The molecule has 0 aliphatic carbocycles. The van der Waals surface area contributed by atoms with Crippen LogP contribution in [0.3, 0.4) is 0 Å². The SMILES string of the molecule is CCOC=CC(=O)N=C=O. The Morgan fingerprint density at radius 3 is 3.00 bits per heavy atom. The zero-order valence-electron chi connectivity index (χ0n) is 5.53. The maximum absolute atomic E-state index is 10.3. The average Bonchev–Trinajstić information content (AvgIpc) is 1.89. The van der Waals surface area contributed by atoms with E-state index in [1.165, 1.54) is 6.26 Å². The number of hydrogen-bond donors (Lipinski definition) is 0. The first-order valence-corrected chi connectivity index (χ1v) is 2.71. The van der Waals surface area contributed by atoms with Crippen molar-refractivity contribution in [1.29, 1.82) is 0 Å². The third-order valence-electron chi connectivity index (χ3n) is 0.629. The minimum Gasteiger partial charge on any atom is -0.501 e. The monoisotopic (exact) mass is 141 g/mol. The molecule has 0 rings (SSSR count). The van der Waals surface area contributed by atoms with Gasteiger partial charge < -0.3 is 4.74 Å². The molecule has 0 aromatic carbocycles. The van der Waals surface area contributed by atoms with Crippen LogP contribution in [0.25, 0.3) is 0 Å². The summed E-state index contributed by atoms with van der Waals surface area (Å²) in [4.78, 5) is 22.6. The van der Waals surface area contributed by atoms with E-state index < -0.39 is 5.91 Å². The van der Waals surface area contributed by atoms with Crippen LogP contribution in [0.15, 0.2) is 17.3 Å². The van der Waals surface area contributed by atoms with Crippen LogP contribution in [0.5, 0.6) is 0 Å². The van der Waals surface area contributed by atoms with Gasteiger partial charge in [0, 0.05) is 6.08 Å². The third-order valence-corrected chi connectivity index (χ3v) is 0.629. The van der Waals surface area contributed by atoms with Gasteiger partial charge in [-0.1, -0.05) is 0 Å². The fourth-order valence-electron chi connectivity index (χ4n) is 0.285. The molecule has 0 heterocycles. The van der Waals surface area contributed by atoms with Crippen LogP contribution < -0.4 is 0 Å². The van der Waals surface area contributed by atoms with Gasteiger partial charge in [0.25, 0.3) is 5.91 Å². The van der Waals surface area contributed by atoms with E-state index in [4.69, 9.17) is 0 Å². The number of amides is 1. The van der Waals surface area contributed by atoms with E-state index in [2.05, 4.69) is 9.73 Å². The Balaban J connectivity index is 3.66. The van der Waals surface area contributed by atoms with Gasteiger partial charge in [-0.3, -0.25) is 4.79 Å². The minimum atomic E-state index is -0.663. The summed E-state index contributed by atoms with van der Waals surface area (Å²) in [5.74, 6) is -0.663. The molecule has 4 heteroatoms. The number of hydrogen-bond acceptors (Lipinski definition) is 3. The molecule has 10 heavy (non-hydrogen) atoms. The predicted octanol–water partition coefficient (Wildman–Crippen LogP) is 0.399. The normalized spacial score (nSPS) is 8.90. The van der Waals surface area contributed by atoms with Crippen molar-refractivity contribution in [2.45, 2.75) is 6.92 Å².